The van der Waals surface area contributed by atoms with Crippen LogP contribution in [0.1, 0.15) is 51.4 Å². The summed E-state index contributed by atoms with van der Waals surface area (Å²) < 4.78 is 10.7. The highest BCUT2D eigenvalue weighted by Crippen LogP contribution is 2.22. The first kappa shape index (κ1) is 20.8. The SMILES string of the molecule is NCCCCCCCCCCO[C@@H]1O[C@H](CO)[C@@H](O)[C@H](O)[C@H]1O. The van der Waals surface area contributed by atoms with Crippen LogP contribution in [-0.4, -0.2) is 70.9 Å². The summed E-state index contributed by atoms with van der Waals surface area (Å²) in [5, 5.41) is 38.2. The minimum atomic E-state index is -1.38. The van der Waals surface area contributed by atoms with Gasteiger partial charge in [0, 0.05) is 6.61 Å². The maximum Gasteiger partial charge on any atom is 0.186 e. The van der Waals surface area contributed by atoms with Gasteiger partial charge in [0.25, 0.3) is 0 Å². The van der Waals surface area contributed by atoms with Crippen LogP contribution in [0.15, 0.2) is 0 Å². The zero-order valence-electron chi connectivity index (χ0n) is 13.8. The highest BCUT2D eigenvalue weighted by Gasteiger charge is 2.43. The second-order valence-electron chi connectivity index (χ2n) is 6.19. The maximum absolute atomic E-state index is 9.81. The second-order valence-corrected chi connectivity index (χ2v) is 6.19. The molecule has 0 unspecified atom stereocenters. The van der Waals surface area contributed by atoms with Crippen LogP contribution in [0.2, 0.25) is 0 Å². The van der Waals surface area contributed by atoms with E-state index in [2.05, 4.69) is 0 Å². The van der Waals surface area contributed by atoms with Gasteiger partial charge >= 0.3 is 0 Å². The van der Waals surface area contributed by atoms with Crippen molar-refractivity contribution in [2.45, 2.75) is 82.1 Å². The first-order valence-electron chi connectivity index (χ1n) is 8.74. The predicted molar refractivity (Wildman–Crippen MR) is 85.7 cm³/mol. The molecule has 7 nitrogen and oxygen atoms in total. The molecule has 0 spiro atoms. The zero-order chi connectivity index (χ0) is 17.1. The van der Waals surface area contributed by atoms with Crippen molar-refractivity contribution in [2.24, 2.45) is 5.73 Å². The quantitative estimate of drug-likeness (QED) is 0.315. The van der Waals surface area contributed by atoms with Crippen molar-refractivity contribution in [1.82, 2.24) is 0 Å². The number of hydrogen-bond acceptors (Lipinski definition) is 7. The first-order valence-corrected chi connectivity index (χ1v) is 8.74. The summed E-state index contributed by atoms with van der Waals surface area (Å²) in [5.41, 5.74) is 5.44. The number of ether oxygens (including phenoxy) is 2. The van der Waals surface area contributed by atoms with E-state index in [4.69, 9.17) is 20.3 Å². The molecular weight excluding hydrogens is 302 g/mol. The number of unbranched alkanes of at least 4 members (excludes halogenated alkanes) is 7. The summed E-state index contributed by atoms with van der Waals surface area (Å²) in [6, 6.07) is 0. The Balaban J connectivity index is 2.06. The van der Waals surface area contributed by atoms with Crippen LogP contribution in [0.3, 0.4) is 0 Å². The third-order valence-electron chi connectivity index (χ3n) is 4.23. The lowest BCUT2D eigenvalue weighted by Gasteiger charge is -2.39. The van der Waals surface area contributed by atoms with Gasteiger partial charge < -0.3 is 35.6 Å². The van der Waals surface area contributed by atoms with Crippen LogP contribution >= 0.6 is 0 Å². The molecule has 0 saturated carbocycles. The largest absolute Gasteiger partial charge is 0.394 e. The van der Waals surface area contributed by atoms with E-state index in [0.717, 1.165) is 32.2 Å². The van der Waals surface area contributed by atoms with Crippen LogP contribution in [-0.2, 0) is 9.47 Å². The molecule has 1 heterocycles. The van der Waals surface area contributed by atoms with E-state index in [0.29, 0.717) is 6.61 Å². The molecule has 23 heavy (non-hydrogen) atoms. The molecule has 0 radical (unpaired) electrons. The van der Waals surface area contributed by atoms with Crippen molar-refractivity contribution in [3.8, 4) is 0 Å². The Hall–Kier alpha value is -0.280. The fourth-order valence-corrected chi connectivity index (χ4v) is 2.71. The number of rotatable bonds is 12. The molecule has 1 aliphatic rings. The Kier molecular flexibility index (Phi) is 11.0. The molecule has 6 N–H and O–H groups in total. The Morgan fingerprint density at radius 2 is 1.35 bits per heavy atom. The Labute approximate surface area is 138 Å². The normalized spacial score (nSPS) is 31.4. The topological polar surface area (TPSA) is 125 Å². The van der Waals surface area contributed by atoms with Crippen molar-refractivity contribution in [3.05, 3.63) is 0 Å². The molecule has 1 rings (SSSR count). The number of hydrogen-bond donors (Lipinski definition) is 5. The van der Waals surface area contributed by atoms with E-state index in [-0.39, 0.29) is 0 Å². The summed E-state index contributed by atoms with van der Waals surface area (Å²) in [6.07, 6.45) is 3.05. The average Bonchev–Trinajstić information content (AvgIpc) is 2.56. The molecule has 0 bridgehead atoms. The molecule has 0 aliphatic carbocycles. The van der Waals surface area contributed by atoms with Crippen LogP contribution in [0.25, 0.3) is 0 Å². The predicted octanol–water partition coefficient (Wildman–Crippen LogP) is -0.118. The third kappa shape index (κ3) is 7.43. The van der Waals surface area contributed by atoms with E-state index in [9.17, 15) is 15.3 Å². The van der Waals surface area contributed by atoms with Gasteiger partial charge in [0.05, 0.1) is 6.61 Å². The van der Waals surface area contributed by atoms with Crippen LogP contribution < -0.4 is 5.73 Å². The van der Waals surface area contributed by atoms with Gasteiger partial charge in [-0.15, -0.1) is 0 Å². The van der Waals surface area contributed by atoms with Crippen molar-refractivity contribution in [1.29, 1.82) is 0 Å². The summed E-state index contributed by atoms with van der Waals surface area (Å²) >= 11 is 0. The fourth-order valence-electron chi connectivity index (χ4n) is 2.71. The van der Waals surface area contributed by atoms with Crippen LogP contribution in [0.5, 0.6) is 0 Å². The molecule has 1 saturated heterocycles. The number of aliphatic hydroxyl groups excluding tert-OH is 4. The Morgan fingerprint density at radius 1 is 0.783 bits per heavy atom. The van der Waals surface area contributed by atoms with Gasteiger partial charge in [-0.25, -0.2) is 0 Å². The summed E-state index contributed by atoms with van der Waals surface area (Å²) in [6.45, 7) is 0.750. The highest BCUT2D eigenvalue weighted by atomic mass is 16.7. The zero-order valence-corrected chi connectivity index (χ0v) is 13.8. The van der Waals surface area contributed by atoms with E-state index >= 15 is 0 Å². The van der Waals surface area contributed by atoms with Gasteiger partial charge in [-0.2, -0.15) is 0 Å². The summed E-state index contributed by atoms with van der Waals surface area (Å²) in [7, 11) is 0. The van der Waals surface area contributed by atoms with Gasteiger partial charge in [0.1, 0.15) is 24.4 Å². The number of aliphatic hydroxyl groups is 4. The molecule has 0 aromatic heterocycles. The van der Waals surface area contributed by atoms with Crippen molar-refractivity contribution in [3.63, 3.8) is 0 Å². The molecule has 7 heteroatoms. The molecule has 0 aromatic carbocycles. The molecule has 138 valence electrons. The van der Waals surface area contributed by atoms with E-state index in [1.165, 1.54) is 25.7 Å². The highest BCUT2D eigenvalue weighted by molar-refractivity contribution is 4.88. The lowest BCUT2D eigenvalue weighted by molar-refractivity contribution is -0.301. The standard InChI is InChI=1S/C16H33NO6/c17-9-7-5-3-1-2-4-6-8-10-22-16-15(21)14(20)13(19)12(11-18)23-16/h12-16,18-21H,1-11,17H2/t12-,13-,14+,15-,16-/m1/s1. The molecule has 0 amide bonds. The van der Waals surface area contributed by atoms with Crippen molar-refractivity contribution >= 4 is 0 Å². The minimum absolute atomic E-state index is 0.413. The molecule has 1 aliphatic heterocycles. The first-order chi connectivity index (χ1) is 11.1. The smallest absolute Gasteiger partial charge is 0.186 e. The van der Waals surface area contributed by atoms with Gasteiger partial charge in [-0.05, 0) is 19.4 Å². The van der Waals surface area contributed by atoms with Gasteiger partial charge in [-0.3, -0.25) is 0 Å². The van der Waals surface area contributed by atoms with Gasteiger partial charge in [-0.1, -0.05) is 38.5 Å². The van der Waals surface area contributed by atoms with E-state index < -0.39 is 37.3 Å². The summed E-state index contributed by atoms with van der Waals surface area (Å²) in [4.78, 5) is 0. The fraction of sp³-hybridized carbons (Fsp3) is 1.00. The molecule has 0 aromatic rings. The lowest BCUT2D eigenvalue weighted by Crippen LogP contribution is -2.59. The molecule has 5 atom stereocenters. The monoisotopic (exact) mass is 335 g/mol. The van der Waals surface area contributed by atoms with Crippen molar-refractivity contribution in [2.75, 3.05) is 19.8 Å². The lowest BCUT2D eigenvalue weighted by atomic mass is 9.99. The minimum Gasteiger partial charge on any atom is -0.394 e. The Bertz CT molecular complexity index is 292. The van der Waals surface area contributed by atoms with E-state index in [1.807, 2.05) is 0 Å². The van der Waals surface area contributed by atoms with Gasteiger partial charge in [0.2, 0.25) is 0 Å². The maximum atomic E-state index is 9.81. The Morgan fingerprint density at radius 3 is 1.91 bits per heavy atom. The van der Waals surface area contributed by atoms with Gasteiger partial charge in [0.15, 0.2) is 6.29 Å². The van der Waals surface area contributed by atoms with E-state index in [1.54, 1.807) is 0 Å². The average molecular weight is 335 g/mol. The summed E-state index contributed by atoms with van der Waals surface area (Å²) in [5.74, 6) is 0. The second kappa shape index (κ2) is 12.1. The number of nitrogens with two attached hydrogens (primary N) is 1. The van der Waals surface area contributed by atoms with Crippen LogP contribution in [0, 0.1) is 0 Å². The van der Waals surface area contributed by atoms with Crippen LogP contribution in [0.4, 0.5) is 0 Å². The molecular formula is C16H33NO6. The van der Waals surface area contributed by atoms with Crippen molar-refractivity contribution < 1.29 is 29.9 Å². The third-order valence-corrected chi connectivity index (χ3v) is 4.23. The molecule has 1 fully saturated rings.